The van der Waals surface area contributed by atoms with Crippen LogP contribution in [0.15, 0.2) is 63.5 Å². The first-order valence-electron chi connectivity index (χ1n) is 12.6. The van der Waals surface area contributed by atoms with Gasteiger partial charge in [0.25, 0.3) is 5.56 Å². The van der Waals surface area contributed by atoms with Gasteiger partial charge in [-0.25, -0.2) is 9.79 Å². The van der Waals surface area contributed by atoms with Crippen LogP contribution in [0.25, 0.3) is 6.08 Å². The molecule has 40 heavy (non-hydrogen) atoms. The van der Waals surface area contributed by atoms with Crippen LogP contribution >= 0.6 is 11.3 Å². The van der Waals surface area contributed by atoms with Gasteiger partial charge in [-0.2, -0.15) is 0 Å². The summed E-state index contributed by atoms with van der Waals surface area (Å²) in [5.41, 5.74) is 1.26. The first kappa shape index (κ1) is 28.5. The van der Waals surface area contributed by atoms with Crippen LogP contribution in [-0.4, -0.2) is 35.7 Å². The topological polar surface area (TPSA) is 122 Å². The Hall–Kier alpha value is -4.51. The van der Waals surface area contributed by atoms with Crippen molar-refractivity contribution < 1.29 is 33.3 Å². The van der Waals surface area contributed by atoms with Crippen molar-refractivity contribution in [2.45, 2.75) is 40.7 Å². The first-order valence-corrected chi connectivity index (χ1v) is 13.4. The van der Waals surface area contributed by atoms with E-state index in [0.717, 1.165) is 11.3 Å². The SMILES string of the molecule is CCOC(=O)C1=C(C)N=c2sc(=Cc3ccccc3OC(C)=O)c(=O)n2C1c1ccc(OC(C)=O)c(OCC)c1. The maximum Gasteiger partial charge on any atom is 0.338 e. The van der Waals surface area contributed by atoms with Crippen LogP contribution in [0.2, 0.25) is 0 Å². The molecule has 2 heterocycles. The van der Waals surface area contributed by atoms with E-state index in [9.17, 15) is 19.2 Å². The van der Waals surface area contributed by atoms with Crippen LogP contribution in [0, 0.1) is 0 Å². The molecule has 3 aromatic rings. The number of hydrogen-bond acceptors (Lipinski definition) is 10. The molecule has 0 amide bonds. The Morgan fingerprint density at radius 3 is 2.35 bits per heavy atom. The minimum absolute atomic E-state index is 0.134. The molecule has 1 atom stereocenters. The lowest BCUT2D eigenvalue weighted by Crippen LogP contribution is -2.40. The molecule has 1 aliphatic heterocycles. The van der Waals surface area contributed by atoms with Crippen LogP contribution in [0.4, 0.5) is 0 Å². The molecule has 1 aliphatic rings. The van der Waals surface area contributed by atoms with E-state index in [1.165, 1.54) is 18.4 Å². The molecule has 208 valence electrons. The zero-order valence-corrected chi connectivity index (χ0v) is 23.5. The molecule has 1 aromatic heterocycles. The number of rotatable bonds is 8. The van der Waals surface area contributed by atoms with Gasteiger partial charge in [-0.3, -0.25) is 19.0 Å². The lowest BCUT2D eigenvalue weighted by Gasteiger charge is -2.25. The van der Waals surface area contributed by atoms with E-state index >= 15 is 0 Å². The largest absolute Gasteiger partial charge is 0.490 e. The predicted molar refractivity (Wildman–Crippen MR) is 147 cm³/mol. The molecule has 4 rings (SSSR count). The van der Waals surface area contributed by atoms with Gasteiger partial charge in [0.1, 0.15) is 5.75 Å². The smallest absolute Gasteiger partial charge is 0.338 e. The monoisotopic (exact) mass is 564 g/mol. The van der Waals surface area contributed by atoms with Gasteiger partial charge in [0.15, 0.2) is 16.3 Å². The number of carbonyl (C=O) groups excluding carboxylic acids is 3. The zero-order chi connectivity index (χ0) is 29.0. The van der Waals surface area contributed by atoms with Gasteiger partial charge in [-0.1, -0.05) is 35.6 Å². The van der Waals surface area contributed by atoms with Gasteiger partial charge in [-0.15, -0.1) is 0 Å². The molecule has 1 unspecified atom stereocenters. The fourth-order valence-corrected chi connectivity index (χ4v) is 5.34. The van der Waals surface area contributed by atoms with Crippen LogP contribution < -0.4 is 29.1 Å². The number of hydrogen-bond donors (Lipinski definition) is 0. The van der Waals surface area contributed by atoms with Crippen LogP contribution in [0.5, 0.6) is 17.2 Å². The Balaban J connectivity index is 1.95. The Labute approximate surface area is 233 Å². The molecule has 11 heteroatoms. The van der Waals surface area contributed by atoms with E-state index < -0.39 is 29.5 Å². The van der Waals surface area contributed by atoms with Crippen molar-refractivity contribution in [3.63, 3.8) is 0 Å². The van der Waals surface area contributed by atoms with Gasteiger partial charge in [0, 0.05) is 19.4 Å². The van der Waals surface area contributed by atoms with Crippen molar-refractivity contribution in [2.24, 2.45) is 4.99 Å². The summed E-state index contributed by atoms with van der Waals surface area (Å²) in [6.07, 6.45) is 1.62. The van der Waals surface area contributed by atoms with E-state index in [1.54, 1.807) is 69.3 Å². The molecule has 0 fully saturated rings. The summed E-state index contributed by atoms with van der Waals surface area (Å²) in [5.74, 6) is -0.803. The van der Waals surface area contributed by atoms with Gasteiger partial charge in [0.05, 0.1) is 35.1 Å². The van der Waals surface area contributed by atoms with E-state index in [-0.39, 0.29) is 23.7 Å². The number of benzene rings is 2. The van der Waals surface area contributed by atoms with E-state index in [0.29, 0.717) is 38.5 Å². The molecule has 0 bridgehead atoms. The van der Waals surface area contributed by atoms with Crippen LogP contribution in [0.1, 0.15) is 51.8 Å². The highest BCUT2D eigenvalue weighted by molar-refractivity contribution is 7.07. The number of para-hydroxylation sites is 1. The standard InChI is InChI=1S/C29H28N2O8S/c1-6-36-23-14-20(12-13-22(23)39-18(5)33)26-25(28(35)37-7-2)16(3)30-29-31(26)27(34)24(40-29)15-19-10-8-9-11-21(19)38-17(4)32/h8-15,26H,6-7H2,1-5H3. The maximum atomic E-state index is 13.9. The molecule has 10 nitrogen and oxygen atoms in total. The van der Waals surface area contributed by atoms with Gasteiger partial charge >= 0.3 is 17.9 Å². The van der Waals surface area contributed by atoms with Crippen LogP contribution in [-0.2, 0) is 19.1 Å². The third-order valence-corrected chi connectivity index (χ3v) is 6.80. The number of esters is 3. The van der Waals surface area contributed by atoms with Gasteiger partial charge in [0.2, 0.25) is 0 Å². The molecule has 0 saturated heterocycles. The summed E-state index contributed by atoms with van der Waals surface area (Å²) in [6.45, 7) is 8.18. The minimum atomic E-state index is -0.897. The number of fused-ring (bicyclic) bond motifs is 1. The Morgan fingerprint density at radius 2 is 1.68 bits per heavy atom. The third-order valence-electron chi connectivity index (χ3n) is 5.81. The van der Waals surface area contributed by atoms with Crippen molar-refractivity contribution in [3.05, 3.63) is 84.5 Å². The number of ether oxygens (including phenoxy) is 4. The maximum absolute atomic E-state index is 13.9. The summed E-state index contributed by atoms with van der Waals surface area (Å²) in [6, 6.07) is 10.8. The number of allylic oxidation sites excluding steroid dienone is 1. The summed E-state index contributed by atoms with van der Waals surface area (Å²) in [5, 5.41) is 0. The second kappa shape index (κ2) is 12.1. The van der Waals surface area contributed by atoms with E-state index in [4.69, 9.17) is 18.9 Å². The second-order valence-electron chi connectivity index (χ2n) is 8.67. The van der Waals surface area contributed by atoms with Crippen molar-refractivity contribution in [1.29, 1.82) is 0 Å². The molecule has 2 aromatic carbocycles. The summed E-state index contributed by atoms with van der Waals surface area (Å²) >= 11 is 1.14. The van der Waals surface area contributed by atoms with E-state index in [1.807, 2.05) is 0 Å². The van der Waals surface area contributed by atoms with Gasteiger partial charge in [-0.05, 0) is 50.6 Å². The van der Waals surface area contributed by atoms with Crippen molar-refractivity contribution in [3.8, 4) is 17.2 Å². The Bertz CT molecular complexity index is 1700. The number of carbonyl (C=O) groups is 3. The quantitative estimate of drug-likeness (QED) is 0.302. The molecule has 0 radical (unpaired) electrons. The first-order chi connectivity index (χ1) is 19.1. The second-order valence-corrected chi connectivity index (χ2v) is 9.68. The molecule has 0 N–H and O–H groups in total. The van der Waals surface area contributed by atoms with Crippen molar-refractivity contribution in [2.75, 3.05) is 13.2 Å². The minimum Gasteiger partial charge on any atom is -0.490 e. The van der Waals surface area contributed by atoms with Gasteiger partial charge < -0.3 is 18.9 Å². The molecule has 0 saturated carbocycles. The fourth-order valence-electron chi connectivity index (χ4n) is 4.30. The summed E-state index contributed by atoms with van der Waals surface area (Å²) in [4.78, 5) is 55.2. The summed E-state index contributed by atoms with van der Waals surface area (Å²) in [7, 11) is 0. The zero-order valence-electron chi connectivity index (χ0n) is 22.7. The lowest BCUT2D eigenvalue weighted by molar-refractivity contribution is -0.139. The highest BCUT2D eigenvalue weighted by atomic mass is 32.1. The molecular formula is C29H28N2O8S. The average Bonchev–Trinajstić information content (AvgIpc) is 3.19. The normalized spacial score (nSPS) is 14.7. The van der Waals surface area contributed by atoms with Crippen LogP contribution in [0.3, 0.4) is 0 Å². The molecular weight excluding hydrogens is 536 g/mol. The molecule has 0 spiro atoms. The highest BCUT2D eigenvalue weighted by Crippen LogP contribution is 2.36. The number of thiazole rings is 1. The van der Waals surface area contributed by atoms with E-state index in [2.05, 4.69) is 4.99 Å². The fraction of sp³-hybridized carbons (Fsp3) is 0.276. The number of aromatic nitrogens is 1. The predicted octanol–water partition coefficient (Wildman–Crippen LogP) is 3.05. The number of nitrogens with zero attached hydrogens (tertiary/aromatic N) is 2. The molecule has 0 aliphatic carbocycles. The van der Waals surface area contributed by atoms with Crippen molar-refractivity contribution in [1.82, 2.24) is 4.57 Å². The Kier molecular flexibility index (Phi) is 8.64. The lowest BCUT2D eigenvalue weighted by atomic mass is 9.95. The highest BCUT2D eigenvalue weighted by Gasteiger charge is 2.34. The summed E-state index contributed by atoms with van der Waals surface area (Å²) < 4.78 is 23.4. The average molecular weight is 565 g/mol. The Morgan fingerprint density at radius 1 is 0.975 bits per heavy atom. The van der Waals surface area contributed by atoms with Crippen molar-refractivity contribution >= 4 is 35.3 Å². The third kappa shape index (κ3) is 5.89.